The summed E-state index contributed by atoms with van der Waals surface area (Å²) >= 11 is 0. The first-order valence-electron chi connectivity index (χ1n) is 6.74. The molecule has 1 aliphatic rings. The van der Waals surface area contributed by atoms with E-state index < -0.39 is 0 Å². The van der Waals surface area contributed by atoms with Gasteiger partial charge in [0.1, 0.15) is 0 Å². The van der Waals surface area contributed by atoms with Crippen molar-refractivity contribution in [3.05, 3.63) is 30.5 Å². The second-order valence-electron chi connectivity index (χ2n) is 5.31. The van der Waals surface area contributed by atoms with Crippen LogP contribution >= 0.6 is 0 Å². The van der Waals surface area contributed by atoms with Crippen LogP contribution in [0.2, 0.25) is 0 Å². The highest BCUT2D eigenvalue weighted by molar-refractivity contribution is 5.99. The molecule has 3 N–H and O–H groups in total. The molecular weight excluding hydrogens is 240 g/mol. The smallest absolute Gasteiger partial charge is 0.234 e. The van der Waals surface area contributed by atoms with Gasteiger partial charge in [-0.15, -0.1) is 0 Å². The van der Waals surface area contributed by atoms with Gasteiger partial charge in [0.05, 0.1) is 17.3 Å². The maximum Gasteiger partial charge on any atom is 0.234 e. The number of carbonyl (C=O) groups is 1. The van der Waals surface area contributed by atoms with Crippen LogP contribution in [-0.4, -0.2) is 21.7 Å². The van der Waals surface area contributed by atoms with Crippen molar-refractivity contribution in [2.24, 2.45) is 5.92 Å². The zero-order valence-electron chi connectivity index (χ0n) is 10.7. The SMILES string of the molecule is Nc1cccc2ccn(C(=O)C3CCC(O)CC3)c12. The van der Waals surface area contributed by atoms with Gasteiger partial charge >= 0.3 is 0 Å². The number of anilines is 1. The van der Waals surface area contributed by atoms with Crippen molar-refractivity contribution in [3.8, 4) is 0 Å². The molecule has 4 heteroatoms. The Balaban J connectivity index is 1.94. The molecule has 1 aliphatic carbocycles. The number of para-hydroxylation sites is 1. The zero-order chi connectivity index (χ0) is 13.4. The van der Waals surface area contributed by atoms with Crippen LogP contribution in [0.5, 0.6) is 0 Å². The van der Waals surface area contributed by atoms with Crippen molar-refractivity contribution in [1.29, 1.82) is 0 Å². The molecule has 0 spiro atoms. The lowest BCUT2D eigenvalue weighted by Crippen LogP contribution is -2.27. The van der Waals surface area contributed by atoms with Crippen molar-refractivity contribution in [2.75, 3.05) is 5.73 Å². The van der Waals surface area contributed by atoms with E-state index in [-0.39, 0.29) is 17.9 Å². The maximum absolute atomic E-state index is 12.6. The molecule has 1 aromatic carbocycles. The van der Waals surface area contributed by atoms with Crippen LogP contribution in [0.3, 0.4) is 0 Å². The Hall–Kier alpha value is -1.81. The molecule has 0 aliphatic heterocycles. The predicted molar refractivity (Wildman–Crippen MR) is 74.9 cm³/mol. The molecule has 100 valence electrons. The fourth-order valence-electron chi connectivity index (χ4n) is 2.93. The van der Waals surface area contributed by atoms with E-state index in [2.05, 4.69) is 0 Å². The van der Waals surface area contributed by atoms with Gasteiger partial charge in [-0.25, -0.2) is 0 Å². The van der Waals surface area contributed by atoms with Gasteiger partial charge in [0.15, 0.2) is 0 Å². The number of carbonyl (C=O) groups excluding carboxylic acids is 1. The highest BCUT2D eigenvalue weighted by atomic mass is 16.3. The Morgan fingerprint density at radius 3 is 2.68 bits per heavy atom. The number of rotatable bonds is 1. The number of aromatic nitrogens is 1. The van der Waals surface area contributed by atoms with Crippen molar-refractivity contribution in [1.82, 2.24) is 4.57 Å². The number of benzene rings is 1. The lowest BCUT2D eigenvalue weighted by Gasteiger charge is -2.24. The van der Waals surface area contributed by atoms with Gasteiger partial charge in [-0.1, -0.05) is 12.1 Å². The minimum Gasteiger partial charge on any atom is -0.397 e. The summed E-state index contributed by atoms with van der Waals surface area (Å²) < 4.78 is 1.67. The molecule has 19 heavy (non-hydrogen) atoms. The molecule has 2 aromatic rings. The first-order chi connectivity index (χ1) is 9.16. The maximum atomic E-state index is 12.6. The van der Waals surface area contributed by atoms with E-state index >= 15 is 0 Å². The molecular formula is C15H18N2O2. The summed E-state index contributed by atoms with van der Waals surface area (Å²) in [5.41, 5.74) is 7.41. The summed E-state index contributed by atoms with van der Waals surface area (Å²) in [6.45, 7) is 0. The van der Waals surface area contributed by atoms with Crippen molar-refractivity contribution in [2.45, 2.75) is 31.8 Å². The van der Waals surface area contributed by atoms with Crippen molar-refractivity contribution >= 4 is 22.5 Å². The first kappa shape index (κ1) is 12.2. The number of nitrogens with zero attached hydrogens (tertiary/aromatic N) is 1. The number of aliphatic hydroxyl groups excluding tert-OH is 1. The van der Waals surface area contributed by atoms with Crippen LogP contribution in [0.4, 0.5) is 5.69 Å². The molecule has 1 saturated carbocycles. The van der Waals surface area contributed by atoms with Gasteiger partial charge in [0, 0.05) is 17.5 Å². The molecule has 0 bridgehead atoms. The Bertz CT molecular complexity index is 610. The highest BCUT2D eigenvalue weighted by Crippen LogP contribution is 2.29. The van der Waals surface area contributed by atoms with E-state index in [0.29, 0.717) is 18.5 Å². The van der Waals surface area contributed by atoms with Crippen LogP contribution < -0.4 is 5.73 Å². The van der Waals surface area contributed by atoms with E-state index in [1.165, 1.54) is 0 Å². The van der Waals surface area contributed by atoms with Crippen LogP contribution in [0.15, 0.2) is 30.5 Å². The highest BCUT2D eigenvalue weighted by Gasteiger charge is 2.27. The van der Waals surface area contributed by atoms with E-state index in [4.69, 9.17) is 5.73 Å². The quantitative estimate of drug-likeness (QED) is 0.772. The Kier molecular flexibility index (Phi) is 3.03. The number of fused-ring (bicyclic) bond motifs is 1. The minimum absolute atomic E-state index is 0.00129. The van der Waals surface area contributed by atoms with Crippen LogP contribution in [0, 0.1) is 5.92 Å². The zero-order valence-corrected chi connectivity index (χ0v) is 10.7. The van der Waals surface area contributed by atoms with Gasteiger partial charge in [0.2, 0.25) is 5.91 Å². The second kappa shape index (κ2) is 4.70. The molecule has 1 heterocycles. The molecule has 0 radical (unpaired) electrons. The Morgan fingerprint density at radius 1 is 1.21 bits per heavy atom. The number of hydrogen-bond acceptors (Lipinski definition) is 3. The fourth-order valence-corrected chi connectivity index (χ4v) is 2.93. The summed E-state index contributed by atoms with van der Waals surface area (Å²) in [6.07, 6.45) is 4.50. The van der Waals surface area contributed by atoms with E-state index in [9.17, 15) is 9.90 Å². The van der Waals surface area contributed by atoms with Crippen LogP contribution in [-0.2, 0) is 0 Å². The molecule has 1 aromatic heterocycles. The number of nitrogen functional groups attached to an aromatic ring is 1. The van der Waals surface area contributed by atoms with Crippen molar-refractivity contribution < 1.29 is 9.90 Å². The summed E-state index contributed by atoms with van der Waals surface area (Å²) in [5.74, 6) is 0.0957. The van der Waals surface area contributed by atoms with Gasteiger partial charge in [-0.3, -0.25) is 9.36 Å². The summed E-state index contributed by atoms with van der Waals surface area (Å²) in [4.78, 5) is 12.6. The fraction of sp³-hybridized carbons (Fsp3) is 0.400. The number of aliphatic hydroxyl groups is 1. The van der Waals surface area contributed by atoms with E-state index in [1.807, 2.05) is 24.3 Å². The Morgan fingerprint density at radius 2 is 1.95 bits per heavy atom. The topological polar surface area (TPSA) is 68.2 Å². The second-order valence-corrected chi connectivity index (χ2v) is 5.31. The molecule has 3 rings (SSSR count). The molecule has 0 amide bonds. The number of nitrogens with two attached hydrogens (primary N) is 1. The average molecular weight is 258 g/mol. The van der Waals surface area contributed by atoms with E-state index in [0.717, 1.165) is 23.7 Å². The van der Waals surface area contributed by atoms with Gasteiger partial charge in [-0.2, -0.15) is 0 Å². The van der Waals surface area contributed by atoms with Crippen LogP contribution in [0.1, 0.15) is 30.5 Å². The lowest BCUT2D eigenvalue weighted by atomic mass is 9.87. The first-order valence-corrected chi connectivity index (χ1v) is 6.74. The normalized spacial score (nSPS) is 23.6. The molecule has 1 fully saturated rings. The van der Waals surface area contributed by atoms with Crippen molar-refractivity contribution in [3.63, 3.8) is 0 Å². The van der Waals surface area contributed by atoms with E-state index in [1.54, 1.807) is 10.8 Å². The average Bonchev–Trinajstić information content (AvgIpc) is 2.84. The summed E-state index contributed by atoms with van der Waals surface area (Å²) in [6, 6.07) is 7.58. The summed E-state index contributed by atoms with van der Waals surface area (Å²) in [7, 11) is 0. The lowest BCUT2D eigenvalue weighted by molar-refractivity contribution is 0.0692. The molecule has 0 saturated heterocycles. The molecule has 4 nitrogen and oxygen atoms in total. The minimum atomic E-state index is -0.240. The summed E-state index contributed by atoms with van der Waals surface area (Å²) in [5, 5.41) is 10.5. The van der Waals surface area contributed by atoms with Gasteiger partial charge in [0.25, 0.3) is 0 Å². The number of hydrogen-bond donors (Lipinski definition) is 2. The van der Waals surface area contributed by atoms with Crippen LogP contribution in [0.25, 0.3) is 10.9 Å². The standard InChI is InChI=1S/C15H18N2O2/c16-13-3-1-2-10-8-9-17(14(10)13)15(19)11-4-6-12(18)7-5-11/h1-3,8-9,11-12,18H,4-7,16H2. The molecule has 0 unspecified atom stereocenters. The predicted octanol–water partition coefficient (Wildman–Crippen LogP) is 2.41. The third kappa shape index (κ3) is 2.12. The monoisotopic (exact) mass is 258 g/mol. The van der Waals surface area contributed by atoms with Gasteiger partial charge in [-0.05, 0) is 37.8 Å². The van der Waals surface area contributed by atoms with Gasteiger partial charge < -0.3 is 10.8 Å². The largest absolute Gasteiger partial charge is 0.397 e. The third-order valence-corrected chi connectivity index (χ3v) is 4.03. The third-order valence-electron chi connectivity index (χ3n) is 4.03. The Labute approximate surface area is 111 Å². The molecule has 0 atom stereocenters.